The first-order valence-electron chi connectivity index (χ1n) is 8.69. The number of methoxy groups -OCH3 is 1. The van der Waals surface area contributed by atoms with Crippen molar-refractivity contribution in [3.63, 3.8) is 0 Å². The van der Waals surface area contributed by atoms with Crippen LogP contribution in [-0.2, 0) is 11.0 Å². The SMILES string of the molecule is COc1ccc(Cl)cc1-c1nc(SC(C)C(=O)Nc2cc(C(F)(F)F)ccc2Cl)n[nH]1. The molecule has 12 heteroatoms. The number of amides is 1. The molecule has 1 amide bonds. The number of benzene rings is 2. The molecule has 2 N–H and O–H groups in total. The Hall–Kier alpha value is -2.43. The molecule has 1 aromatic heterocycles. The normalized spacial score (nSPS) is 12.5. The molecule has 3 rings (SSSR count). The van der Waals surface area contributed by atoms with E-state index in [1.54, 1.807) is 25.1 Å². The summed E-state index contributed by atoms with van der Waals surface area (Å²) in [4.78, 5) is 16.8. The fraction of sp³-hybridized carbons (Fsp3) is 0.211. The van der Waals surface area contributed by atoms with E-state index in [9.17, 15) is 18.0 Å². The third kappa shape index (κ3) is 5.63. The third-order valence-corrected chi connectivity index (χ3v) is 5.61. The zero-order chi connectivity index (χ0) is 22.8. The van der Waals surface area contributed by atoms with E-state index in [2.05, 4.69) is 20.5 Å². The standard InChI is InChI=1S/C19H15Cl2F3N4O2S/c1-9(17(29)25-14-7-10(19(22,23)24)3-5-13(14)21)31-18-26-16(27-28-18)12-8-11(20)4-6-15(12)30-2/h3-9H,1-2H3,(H,25,29)(H,26,27,28). The highest BCUT2D eigenvalue weighted by Gasteiger charge is 2.31. The summed E-state index contributed by atoms with van der Waals surface area (Å²) in [6, 6.07) is 7.71. The Morgan fingerprint density at radius 1 is 1.23 bits per heavy atom. The number of carbonyl (C=O) groups is 1. The van der Waals surface area contributed by atoms with Gasteiger partial charge in [0.1, 0.15) is 5.75 Å². The molecule has 1 atom stereocenters. The molecule has 0 aliphatic carbocycles. The number of nitrogens with zero attached hydrogens (tertiary/aromatic N) is 2. The second-order valence-electron chi connectivity index (χ2n) is 6.25. The van der Waals surface area contributed by atoms with Gasteiger partial charge in [-0.2, -0.15) is 13.2 Å². The van der Waals surface area contributed by atoms with Gasteiger partial charge >= 0.3 is 6.18 Å². The van der Waals surface area contributed by atoms with E-state index in [-0.39, 0.29) is 15.9 Å². The van der Waals surface area contributed by atoms with Crippen molar-refractivity contribution >= 4 is 46.6 Å². The molecular weight excluding hydrogens is 476 g/mol. The van der Waals surface area contributed by atoms with E-state index in [1.807, 2.05) is 0 Å². The van der Waals surface area contributed by atoms with Crippen molar-refractivity contribution in [1.82, 2.24) is 15.2 Å². The van der Waals surface area contributed by atoms with Crippen LogP contribution < -0.4 is 10.1 Å². The molecule has 0 aliphatic heterocycles. The fourth-order valence-electron chi connectivity index (χ4n) is 2.53. The molecule has 0 spiro atoms. The van der Waals surface area contributed by atoms with E-state index < -0.39 is 22.9 Å². The fourth-order valence-corrected chi connectivity index (χ4v) is 3.59. The van der Waals surface area contributed by atoms with Crippen LogP contribution in [-0.4, -0.2) is 33.4 Å². The van der Waals surface area contributed by atoms with Gasteiger partial charge in [0, 0.05) is 5.02 Å². The van der Waals surface area contributed by atoms with E-state index in [0.29, 0.717) is 22.2 Å². The van der Waals surface area contributed by atoms with Crippen molar-refractivity contribution in [3.8, 4) is 17.1 Å². The van der Waals surface area contributed by atoms with E-state index in [1.165, 1.54) is 7.11 Å². The lowest BCUT2D eigenvalue weighted by Crippen LogP contribution is -2.23. The number of aromatic nitrogens is 3. The van der Waals surface area contributed by atoms with Gasteiger partial charge < -0.3 is 10.1 Å². The largest absolute Gasteiger partial charge is 0.496 e. The summed E-state index contributed by atoms with van der Waals surface area (Å²) < 4.78 is 44.0. The van der Waals surface area contributed by atoms with Crippen LogP contribution in [0.5, 0.6) is 5.75 Å². The number of ether oxygens (including phenoxy) is 1. The number of halogens is 5. The van der Waals surface area contributed by atoms with Crippen LogP contribution in [0.25, 0.3) is 11.4 Å². The quantitative estimate of drug-likeness (QED) is 0.418. The number of aromatic amines is 1. The highest BCUT2D eigenvalue weighted by atomic mass is 35.5. The van der Waals surface area contributed by atoms with E-state index in [0.717, 1.165) is 30.0 Å². The molecule has 0 saturated heterocycles. The molecule has 1 heterocycles. The highest BCUT2D eigenvalue weighted by molar-refractivity contribution is 8.00. The summed E-state index contributed by atoms with van der Waals surface area (Å²) in [6.07, 6.45) is -4.55. The van der Waals surface area contributed by atoms with E-state index >= 15 is 0 Å². The van der Waals surface area contributed by atoms with Gasteiger partial charge in [-0.25, -0.2) is 4.98 Å². The summed E-state index contributed by atoms with van der Waals surface area (Å²) >= 11 is 13.0. The van der Waals surface area contributed by atoms with Crippen molar-refractivity contribution < 1.29 is 22.7 Å². The molecule has 0 radical (unpaired) electrons. The maximum atomic E-state index is 12.9. The molecule has 1 unspecified atom stereocenters. The Labute approximate surface area is 189 Å². The molecule has 0 fully saturated rings. The minimum absolute atomic E-state index is 0.00761. The summed E-state index contributed by atoms with van der Waals surface area (Å²) in [7, 11) is 1.50. The smallest absolute Gasteiger partial charge is 0.416 e. The molecule has 0 saturated carbocycles. The van der Waals surface area contributed by atoms with Crippen LogP contribution in [0.15, 0.2) is 41.6 Å². The Kier molecular flexibility index (Phi) is 7.03. The average molecular weight is 491 g/mol. The van der Waals surface area contributed by atoms with Gasteiger partial charge in [-0.3, -0.25) is 9.89 Å². The lowest BCUT2D eigenvalue weighted by molar-refractivity contribution is -0.137. The molecule has 31 heavy (non-hydrogen) atoms. The predicted molar refractivity (Wildman–Crippen MR) is 114 cm³/mol. The third-order valence-electron chi connectivity index (χ3n) is 4.08. The summed E-state index contributed by atoms with van der Waals surface area (Å²) in [6.45, 7) is 1.57. The zero-order valence-corrected chi connectivity index (χ0v) is 18.4. The first kappa shape index (κ1) is 23.2. The predicted octanol–water partition coefficient (Wildman–Crippen LogP) is 5.93. The number of H-pyrrole nitrogens is 1. The zero-order valence-electron chi connectivity index (χ0n) is 16.1. The Balaban J connectivity index is 1.73. The summed E-state index contributed by atoms with van der Waals surface area (Å²) in [5.41, 5.74) is -0.461. The molecule has 2 aromatic carbocycles. The van der Waals surface area contributed by atoms with Gasteiger partial charge in [0.15, 0.2) is 5.82 Å². The number of alkyl halides is 3. The van der Waals surface area contributed by atoms with Crippen molar-refractivity contribution in [2.75, 3.05) is 12.4 Å². The second-order valence-corrected chi connectivity index (χ2v) is 8.40. The van der Waals surface area contributed by atoms with Crippen molar-refractivity contribution in [2.24, 2.45) is 0 Å². The molecule has 3 aromatic rings. The summed E-state index contributed by atoms with van der Waals surface area (Å²) in [5, 5.41) is 9.23. The Morgan fingerprint density at radius 3 is 2.65 bits per heavy atom. The van der Waals surface area contributed by atoms with E-state index in [4.69, 9.17) is 27.9 Å². The number of hydrogen-bond acceptors (Lipinski definition) is 5. The van der Waals surface area contributed by atoms with Gasteiger partial charge in [0.2, 0.25) is 11.1 Å². The lowest BCUT2D eigenvalue weighted by atomic mass is 10.2. The van der Waals surface area contributed by atoms with Crippen LogP contribution in [0.2, 0.25) is 10.0 Å². The maximum Gasteiger partial charge on any atom is 0.416 e. The number of thioether (sulfide) groups is 1. The topological polar surface area (TPSA) is 79.9 Å². The van der Waals surface area contributed by atoms with Gasteiger partial charge in [-0.05, 0) is 43.3 Å². The van der Waals surface area contributed by atoms with Crippen LogP contribution in [0.3, 0.4) is 0 Å². The van der Waals surface area contributed by atoms with Crippen LogP contribution >= 0.6 is 35.0 Å². The number of hydrogen-bond donors (Lipinski definition) is 2. The number of carbonyl (C=O) groups excluding carboxylic acids is 1. The van der Waals surface area contributed by atoms with Crippen LogP contribution in [0.4, 0.5) is 18.9 Å². The van der Waals surface area contributed by atoms with Gasteiger partial charge in [-0.15, -0.1) is 5.10 Å². The molecule has 164 valence electrons. The van der Waals surface area contributed by atoms with Gasteiger partial charge in [-0.1, -0.05) is 35.0 Å². The number of anilines is 1. The van der Waals surface area contributed by atoms with Crippen LogP contribution in [0.1, 0.15) is 12.5 Å². The minimum Gasteiger partial charge on any atom is -0.496 e. The average Bonchev–Trinajstić information content (AvgIpc) is 3.17. The van der Waals surface area contributed by atoms with Crippen LogP contribution in [0, 0.1) is 0 Å². The molecule has 0 bridgehead atoms. The summed E-state index contributed by atoms with van der Waals surface area (Å²) in [5.74, 6) is 0.357. The minimum atomic E-state index is -4.55. The highest BCUT2D eigenvalue weighted by Crippen LogP contribution is 2.35. The number of nitrogens with one attached hydrogen (secondary N) is 2. The monoisotopic (exact) mass is 490 g/mol. The molecule has 6 nitrogen and oxygen atoms in total. The number of rotatable bonds is 6. The molecular formula is C19H15Cl2F3N4O2S. The first-order chi connectivity index (χ1) is 14.6. The van der Waals surface area contributed by atoms with Crippen molar-refractivity contribution in [2.45, 2.75) is 23.5 Å². The van der Waals surface area contributed by atoms with Crippen molar-refractivity contribution in [1.29, 1.82) is 0 Å². The van der Waals surface area contributed by atoms with Gasteiger partial charge in [0.25, 0.3) is 0 Å². The lowest BCUT2D eigenvalue weighted by Gasteiger charge is -2.14. The van der Waals surface area contributed by atoms with Crippen molar-refractivity contribution in [3.05, 3.63) is 52.0 Å². The van der Waals surface area contributed by atoms with Gasteiger partial charge in [0.05, 0.1) is 34.2 Å². The second kappa shape index (κ2) is 9.37. The maximum absolute atomic E-state index is 12.9. The Morgan fingerprint density at radius 2 is 1.97 bits per heavy atom. The molecule has 0 aliphatic rings. The Bertz CT molecular complexity index is 1110. The first-order valence-corrected chi connectivity index (χ1v) is 10.3.